The molecular formula is C14H18F3OSi. The highest BCUT2D eigenvalue weighted by atomic mass is 28.2. The molecule has 1 aromatic carbocycles. The van der Waals surface area contributed by atoms with Crippen LogP contribution < -0.4 is 0 Å². The third-order valence-electron chi connectivity index (χ3n) is 3.67. The molecule has 0 heterocycles. The molecule has 0 saturated heterocycles. The predicted molar refractivity (Wildman–Crippen MR) is 69.4 cm³/mol. The Morgan fingerprint density at radius 3 is 2.16 bits per heavy atom. The standard InChI is InChI=1S/C14H18F3OSi/c1-3-14(4-2,18-19)7-5-6-10-8-12(16)13(17)9-11(10)15/h8-9H,3-7H2,1-2H3. The third kappa shape index (κ3) is 4.08. The van der Waals surface area contributed by atoms with Gasteiger partial charge in [0.05, 0.1) is 5.60 Å². The zero-order valence-corrected chi connectivity index (χ0v) is 12.2. The number of benzene rings is 1. The van der Waals surface area contributed by atoms with Crippen molar-refractivity contribution in [2.24, 2.45) is 0 Å². The third-order valence-corrected chi connectivity index (χ3v) is 4.11. The Hall–Kier alpha value is -0.813. The van der Waals surface area contributed by atoms with Crippen LogP contribution >= 0.6 is 0 Å². The summed E-state index contributed by atoms with van der Waals surface area (Å²) in [6.07, 6.45) is 3.39. The van der Waals surface area contributed by atoms with Crippen molar-refractivity contribution in [1.82, 2.24) is 0 Å². The number of halogens is 3. The second-order valence-corrected chi connectivity index (χ2v) is 4.91. The van der Waals surface area contributed by atoms with Gasteiger partial charge in [-0.25, -0.2) is 13.2 Å². The molecule has 1 rings (SSSR count). The molecule has 105 valence electrons. The van der Waals surface area contributed by atoms with E-state index >= 15 is 0 Å². The van der Waals surface area contributed by atoms with Crippen molar-refractivity contribution in [2.75, 3.05) is 0 Å². The Labute approximate surface area is 115 Å². The van der Waals surface area contributed by atoms with E-state index in [2.05, 4.69) is 10.5 Å². The monoisotopic (exact) mass is 287 g/mol. The quantitative estimate of drug-likeness (QED) is 0.542. The van der Waals surface area contributed by atoms with Crippen LogP contribution in [-0.2, 0) is 10.8 Å². The van der Waals surface area contributed by atoms with E-state index in [0.717, 1.165) is 25.3 Å². The van der Waals surface area contributed by atoms with E-state index in [1.54, 1.807) is 0 Å². The summed E-state index contributed by atoms with van der Waals surface area (Å²) in [6, 6.07) is 1.52. The molecule has 0 aliphatic heterocycles. The first-order chi connectivity index (χ1) is 8.98. The van der Waals surface area contributed by atoms with Gasteiger partial charge in [-0.15, -0.1) is 0 Å². The van der Waals surface area contributed by atoms with Crippen LogP contribution in [0.1, 0.15) is 45.1 Å². The van der Waals surface area contributed by atoms with Crippen LogP contribution in [-0.4, -0.2) is 16.1 Å². The minimum absolute atomic E-state index is 0.203. The van der Waals surface area contributed by atoms with E-state index < -0.39 is 17.5 Å². The number of rotatable bonds is 7. The lowest BCUT2D eigenvalue weighted by atomic mass is 9.90. The van der Waals surface area contributed by atoms with Gasteiger partial charge in [-0.1, -0.05) is 13.8 Å². The Bertz CT molecular complexity index is 411. The van der Waals surface area contributed by atoms with Crippen LogP contribution in [0.5, 0.6) is 0 Å². The van der Waals surface area contributed by atoms with Crippen molar-refractivity contribution in [3.8, 4) is 0 Å². The fourth-order valence-corrected chi connectivity index (χ4v) is 2.55. The van der Waals surface area contributed by atoms with Crippen LogP contribution in [0.3, 0.4) is 0 Å². The molecule has 0 atom stereocenters. The van der Waals surface area contributed by atoms with Gasteiger partial charge in [0.2, 0.25) is 10.5 Å². The van der Waals surface area contributed by atoms with E-state index in [0.29, 0.717) is 18.9 Å². The summed E-state index contributed by atoms with van der Waals surface area (Å²) in [6.45, 7) is 4.03. The second-order valence-electron chi connectivity index (χ2n) is 4.70. The molecule has 3 radical (unpaired) electrons. The van der Waals surface area contributed by atoms with Gasteiger partial charge < -0.3 is 4.43 Å². The normalized spacial score (nSPS) is 11.9. The van der Waals surface area contributed by atoms with Gasteiger partial charge in [0.1, 0.15) is 5.82 Å². The minimum Gasteiger partial charge on any atom is -0.413 e. The summed E-state index contributed by atoms with van der Waals surface area (Å²) in [5, 5.41) is 0. The fourth-order valence-electron chi connectivity index (χ4n) is 2.16. The molecule has 19 heavy (non-hydrogen) atoms. The topological polar surface area (TPSA) is 9.23 Å². The molecule has 0 bridgehead atoms. The molecule has 0 saturated carbocycles. The smallest absolute Gasteiger partial charge is 0.247 e. The lowest BCUT2D eigenvalue weighted by molar-refractivity contribution is 0.0591. The van der Waals surface area contributed by atoms with Crippen molar-refractivity contribution < 1.29 is 17.6 Å². The van der Waals surface area contributed by atoms with Gasteiger partial charge in [-0.3, -0.25) is 0 Å². The maximum absolute atomic E-state index is 13.4. The van der Waals surface area contributed by atoms with Crippen molar-refractivity contribution in [3.05, 3.63) is 35.1 Å². The Kier molecular flexibility index (Phi) is 6.07. The first kappa shape index (κ1) is 16.2. The first-order valence-corrected chi connectivity index (χ1v) is 6.87. The first-order valence-electron chi connectivity index (χ1n) is 6.46. The molecule has 1 nitrogen and oxygen atoms in total. The predicted octanol–water partition coefficient (Wildman–Crippen LogP) is 4.09. The van der Waals surface area contributed by atoms with Gasteiger partial charge in [0, 0.05) is 6.07 Å². The van der Waals surface area contributed by atoms with Crippen molar-refractivity contribution in [3.63, 3.8) is 0 Å². The number of aryl methyl sites for hydroxylation is 1. The van der Waals surface area contributed by atoms with E-state index in [9.17, 15) is 13.2 Å². The highest BCUT2D eigenvalue weighted by Gasteiger charge is 2.24. The molecule has 0 unspecified atom stereocenters. The SMILES string of the molecule is CCC(CC)(CCCc1cc(F)c(F)cc1F)O[Si]. The van der Waals surface area contributed by atoms with Crippen molar-refractivity contribution in [2.45, 2.75) is 51.6 Å². The lowest BCUT2D eigenvalue weighted by Crippen LogP contribution is -2.30. The summed E-state index contributed by atoms with van der Waals surface area (Å²) < 4.78 is 44.6. The molecule has 0 amide bonds. The molecule has 0 fully saturated rings. The number of hydrogen-bond acceptors (Lipinski definition) is 1. The Morgan fingerprint density at radius 1 is 1.05 bits per heavy atom. The molecule has 1 aromatic rings. The zero-order valence-electron chi connectivity index (χ0n) is 11.2. The summed E-state index contributed by atoms with van der Waals surface area (Å²) in [7, 11) is 3.08. The Morgan fingerprint density at radius 2 is 1.63 bits per heavy atom. The average molecular weight is 287 g/mol. The second kappa shape index (κ2) is 7.10. The van der Waals surface area contributed by atoms with Gasteiger partial charge in [-0.05, 0) is 43.7 Å². The maximum atomic E-state index is 13.4. The maximum Gasteiger partial charge on any atom is 0.247 e. The van der Waals surface area contributed by atoms with Gasteiger partial charge in [-0.2, -0.15) is 0 Å². The minimum atomic E-state index is -1.15. The fraction of sp³-hybridized carbons (Fsp3) is 0.571. The molecule has 0 spiro atoms. The lowest BCUT2D eigenvalue weighted by Gasteiger charge is -2.30. The van der Waals surface area contributed by atoms with Crippen LogP contribution in [0, 0.1) is 17.5 Å². The van der Waals surface area contributed by atoms with Crippen LogP contribution in [0.2, 0.25) is 0 Å². The molecule has 0 N–H and O–H groups in total. The highest BCUT2D eigenvalue weighted by molar-refractivity contribution is 5.98. The van der Waals surface area contributed by atoms with E-state index in [1.807, 2.05) is 13.8 Å². The van der Waals surface area contributed by atoms with Crippen LogP contribution in [0.15, 0.2) is 12.1 Å². The van der Waals surface area contributed by atoms with Crippen LogP contribution in [0.4, 0.5) is 13.2 Å². The molecule has 0 aromatic heterocycles. The number of hydrogen-bond donors (Lipinski definition) is 0. The van der Waals surface area contributed by atoms with E-state index in [4.69, 9.17) is 4.43 Å². The molecule has 0 aliphatic carbocycles. The average Bonchev–Trinajstić information content (AvgIpc) is 2.41. The van der Waals surface area contributed by atoms with Crippen molar-refractivity contribution >= 4 is 10.5 Å². The summed E-state index contributed by atoms with van der Waals surface area (Å²) >= 11 is 0. The summed E-state index contributed by atoms with van der Waals surface area (Å²) in [5.41, 5.74) is -0.0830. The molecule has 5 heteroatoms. The Balaban J connectivity index is 2.65. The van der Waals surface area contributed by atoms with Gasteiger partial charge in [0.15, 0.2) is 11.6 Å². The van der Waals surface area contributed by atoms with Crippen molar-refractivity contribution in [1.29, 1.82) is 0 Å². The highest BCUT2D eigenvalue weighted by Crippen LogP contribution is 2.26. The van der Waals surface area contributed by atoms with Gasteiger partial charge >= 0.3 is 0 Å². The van der Waals surface area contributed by atoms with E-state index in [1.165, 1.54) is 0 Å². The molecular weight excluding hydrogens is 269 g/mol. The van der Waals surface area contributed by atoms with E-state index in [-0.39, 0.29) is 11.2 Å². The zero-order chi connectivity index (χ0) is 14.5. The van der Waals surface area contributed by atoms with Gasteiger partial charge in [0.25, 0.3) is 0 Å². The summed E-state index contributed by atoms with van der Waals surface area (Å²) in [4.78, 5) is 0. The summed E-state index contributed by atoms with van der Waals surface area (Å²) in [5.74, 6) is -2.86. The largest absolute Gasteiger partial charge is 0.413 e. The van der Waals surface area contributed by atoms with Crippen LogP contribution in [0.25, 0.3) is 0 Å². The molecule has 0 aliphatic rings.